The standard InChI is InChI=1S/C7H6F2O.C7H10N6O4S/c8-7(9)10-6-4-2-1-3-5-6;1-13(2)5-8-4(10-7(11-5)17-3)9-6(14)12-18(15)16/h1-5,7H;1-3H3,(H,8,9,10,11,14). The molecule has 0 atom stereocenters. The van der Waals surface area contributed by atoms with Gasteiger partial charge in [0.15, 0.2) is 0 Å². The maximum atomic E-state index is 11.5. The molecule has 0 bridgehead atoms. The monoisotopic (exact) mass is 418 g/mol. The number of anilines is 2. The minimum atomic E-state index is -2.84. The second-order valence-corrected chi connectivity index (χ2v) is 5.39. The second-order valence-electron chi connectivity index (χ2n) is 4.77. The third-order valence-electron chi connectivity index (χ3n) is 2.53. The van der Waals surface area contributed by atoms with E-state index in [0.29, 0.717) is 0 Å². The van der Waals surface area contributed by atoms with Crippen molar-refractivity contribution in [3.63, 3.8) is 0 Å². The lowest BCUT2D eigenvalue weighted by Gasteiger charge is -2.11. The molecule has 0 saturated heterocycles. The molecule has 152 valence electrons. The molecule has 0 aliphatic carbocycles. The molecule has 1 heterocycles. The lowest BCUT2D eigenvalue weighted by Crippen LogP contribution is -2.17. The van der Waals surface area contributed by atoms with E-state index < -0.39 is 23.1 Å². The van der Waals surface area contributed by atoms with Crippen LogP contribution in [0.15, 0.2) is 34.7 Å². The Morgan fingerprint density at radius 2 is 1.82 bits per heavy atom. The van der Waals surface area contributed by atoms with Gasteiger partial charge < -0.3 is 14.4 Å². The van der Waals surface area contributed by atoms with Crippen molar-refractivity contribution in [3.05, 3.63) is 30.3 Å². The van der Waals surface area contributed by atoms with Gasteiger partial charge in [-0.2, -0.15) is 32.2 Å². The summed E-state index contributed by atoms with van der Waals surface area (Å²) in [6.45, 7) is -2.73. The minimum absolute atomic E-state index is 0.0211. The molecular formula is C14H16F2N6O5S. The molecule has 1 aromatic heterocycles. The van der Waals surface area contributed by atoms with Crippen LogP contribution < -0.4 is 19.7 Å². The number of rotatable bonds is 5. The van der Waals surface area contributed by atoms with Crippen LogP contribution in [0.3, 0.4) is 0 Å². The molecule has 14 heteroatoms. The van der Waals surface area contributed by atoms with Crippen molar-refractivity contribution in [2.75, 3.05) is 31.4 Å². The van der Waals surface area contributed by atoms with Crippen LogP contribution in [-0.4, -0.2) is 57.2 Å². The van der Waals surface area contributed by atoms with Gasteiger partial charge in [-0.1, -0.05) is 22.6 Å². The Hall–Kier alpha value is -3.42. The van der Waals surface area contributed by atoms with Crippen molar-refractivity contribution < 1.29 is 31.5 Å². The number of aromatic nitrogens is 3. The Labute approximate surface area is 160 Å². The average Bonchev–Trinajstić information content (AvgIpc) is 2.61. The smallest absolute Gasteiger partial charge is 0.387 e. The summed E-state index contributed by atoms with van der Waals surface area (Å²) in [4.78, 5) is 24.1. The quantitative estimate of drug-likeness (QED) is 0.771. The van der Waals surface area contributed by atoms with Gasteiger partial charge in [0, 0.05) is 14.1 Å². The number of amides is 2. The third kappa shape index (κ3) is 8.79. The fourth-order valence-electron chi connectivity index (χ4n) is 1.48. The van der Waals surface area contributed by atoms with Crippen LogP contribution in [0.25, 0.3) is 0 Å². The molecule has 0 aliphatic rings. The topological polar surface area (TPSA) is 136 Å². The summed E-state index contributed by atoms with van der Waals surface area (Å²) in [5.41, 5.74) is 0. The summed E-state index contributed by atoms with van der Waals surface area (Å²) >= 11 is 0. The van der Waals surface area contributed by atoms with Crippen LogP contribution in [0.4, 0.5) is 25.5 Å². The highest BCUT2D eigenvalue weighted by Gasteiger charge is 2.10. The molecule has 1 N–H and O–H groups in total. The molecule has 0 spiro atoms. The Kier molecular flexibility index (Phi) is 9.15. The molecule has 2 amide bonds. The van der Waals surface area contributed by atoms with Gasteiger partial charge in [-0.05, 0) is 12.1 Å². The van der Waals surface area contributed by atoms with E-state index >= 15 is 0 Å². The first-order valence-electron chi connectivity index (χ1n) is 7.30. The lowest BCUT2D eigenvalue weighted by atomic mass is 10.3. The number of nitrogens with one attached hydrogen (secondary N) is 1. The molecule has 1 aromatic carbocycles. The number of para-hydroxylation sites is 1. The fourth-order valence-corrected chi connectivity index (χ4v) is 1.66. The van der Waals surface area contributed by atoms with E-state index in [1.54, 1.807) is 37.2 Å². The van der Waals surface area contributed by atoms with Crippen LogP contribution in [0.5, 0.6) is 11.8 Å². The number of benzene rings is 1. The molecule has 11 nitrogen and oxygen atoms in total. The molecule has 0 radical (unpaired) electrons. The van der Waals surface area contributed by atoms with Crippen molar-refractivity contribution in [3.8, 4) is 11.8 Å². The number of nitrogens with zero attached hydrogens (tertiary/aromatic N) is 5. The third-order valence-corrected chi connectivity index (χ3v) is 2.85. The number of urea groups is 1. The Balaban J connectivity index is 0.000000330. The second kappa shape index (κ2) is 11.3. The molecule has 0 saturated carbocycles. The SMILES string of the molecule is COc1nc(NC(=O)N=S(=O)=O)nc(N(C)C)n1.FC(F)Oc1ccccc1. The van der Waals surface area contributed by atoms with Gasteiger partial charge >= 0.3 is 29.2 Å². The number of carbonyl (C=O) groups is 1. The van der Waals surface area contributed by atoms with E-state index in [9.17, 15) is 22.0 Å². The summed E-state index contributed by atoms with van der Waals surface area (Å²) in [5, 5.41) is 2.08. The minimum Gasteiger partial charge on any atom is -0.467 e. The number of methoxy groups -OCH3 is 1. The molecule has 0 aliphatic heterocycles. The number of halogens is 2. The van der Waals surface area contributed by atoms with Crippen LogP contribution in [0, 0.1) is 0 Å². The van der Waals surface area contributed by atoms with Crippen LogP contribution in [0.2, 0.25) is 0 Å². The summed E-state index contributed by atoms with van der Waals surface area (Å²) in [7, 11) is 1.86. The first-order chi connectivity index (χ1) is 13.2. The van der Waals surface area contributed by atoms with Crippen LogP contribution >= 0.6 is 0 Å². The van der Waals surface area contributed by atoms with E-state index in [1.165, 1.54) is 19.2 Å². The number of carbonyl (C=O) groups excluding carboxylic acids is 1. The highest BCUT2D eigenvalue weighted by Crippen LogP contribution is 2.13. The van der Waals surface area contributed by atoms with Gasteiger partial charge in [-0.25, -0.2) is 4.79 Å². The van der Waals surface area contributed by atoms with E-state index in [4.69, 9.17) is 4.74 Å². The number of ether oxygens (including phenoxy) is 2. The number of hydrogen-bond donors (Lipinski definition) is 1. The van der Waals surface area contributed by atoms with Crippen molar-refractivity contribution in [2.24, 2.45) is 4.36 Å². The van der Waals surface area contributed by atoms with Crippen molar-refractivity contribution >= 4 is 28.4 Å². The molecular weight excluding hydrogens is 402 g/mol. The van der Waals surface area contributed by atoms with Gasteiger partial charge in [0.25, 0.3) is 0 Å². The maximum Gasteiger partial charge on any atom is 0.387 e. The highest BCUT2D eigenvalue weighted by atomic mass is 32.2. The summed E-state index contributed by atoms with van der Waals surface area (Å²) in [5.74, 6) is 0.266. The summed E-state index contributed by atoms with van der Waals surface area (Å²) < 4.78 is 55.0. The molecule has 2 aromatic rings. The van der Waals surface area contributed by atoms with Gasteiger partial charge in [-0.3, -0.25) is 5.32 Å². The zero-order valence-corrected chi connectivity index (χ0v) is 15.7. The maximum absolute atomic E-state index is 11.5. The summed E-state index contributed by atoms with van der Waals surface area (Å²) in [6.07, 6.45) is 0. The number of alkyl halides is 2. The Bertz CT molecular complexity index is 904. The Morgan fingerprint density at radius 3 is 2.32 bits per heavy atom. The average molecular weight is 418 g/mol. The van der Waals surface area contributed by atoms with Gasteiger partial charge in [0.05, 0.1) is 7.11 Å². The van der Waals surface area contributed by atoms with Crippen LogP contribution in [0.1, 0.15) is 0 Å². The lowest BCUT2D eigenvalue weighted by molar-refractivity contribution is -0.0498. The van der Waals surface area contributed by atoms with E-state index in [1.807, 2.05) is 0 Å². The van der Waals surface area contributed by atoms with Crippen molar-refractivity contribution in [1.29, 1.82) is 0 Å². The predicted molar refractivity (Wildman–Crippen MR) is 94.1 cm³/mol. The zero-order chi connectivity index (χ0) is 21.1. The summed E-state index contributed by atoms with van der Waals surface area (Å²) in [6, 6.07) is 6.83. The van der Waals surface area contributed by atoms with E-state index in [2.05, 4.69) is 29.4 Å². The normalized spacial score (nSPS) is 9.64. The van der Waals surface area contributed by atoms with Crippen LogP contribution in [-0.2, 0) is 10.5 Å². The molecule has 28 heavy (non-hydrogen) atoms. The Morgan fingerprint density at radius 1 is 1.18 bits per heavy atom. The number of hydrogen-bond acceptors (Lipinski definition) is 9. The predicted octanol–water partition coefficient (Wildman–Crippen LogP) is 1.83. The van der Waals surface area contributed by atoms with Crippen molar-refractivity contribution in [2.45, 2.75) is 6.61 Å². The first kappa shape index (κ1) is 22.6. The molecule has 0 fully saturated rings. The largest absolute Gasteiger partial charge is 0.467 e. The van der Waals surface area contributed by atoms with Gasteiger partial charge in [-0.15, -0.1) is 0 Å². The molecule has 2 rings (SSSR count). The van der Waals surface area contributed by atoms with E-state index in [0.717, 1.165) is 0 Å². The molecule has 0 unspecified atom stereocenters. The van der Waals surface area contributed by atoms with Crippen molar-refractivity contribution in [1.82, 2.24) is 15.0 Å². The van der Waals surface area contributed by atoms with Gasteiger partial charge in [0.1, 0.15) is 5.75 Å². The fraction of sp³-hybridized carbons (Fsp3) is 0.286. The zero-order valence-electron chi connectivity index (χ0n) is 14.9. The van der Waals surface area contributed by atoms with Gasteiger partial charge in [0.2, 0.25) is 11.9 Å². The van der Waals surface area contributed by atoms with E-state index in [-0.39, 0.29) is 23.7 Å². The first-order valence-corrected chi connectivity index (χ1v) is 8.33. The highest BCUT2D eigenvalue weighted by molar-refractivity contribution is 7.62.